The predicted octanol–water partition coefficient (Wildman–Crippen LogP) is 1.48. The Morgan fingerprint density at radius 1 is 1.53 bits per heavy atom. The van der Waals surface area contributed by atoms with Crippen molar-refractivity contribution in [2.24, 2.45) is 11.7 Å². The fraction of sp³-hybridized carbons (Fsp3) is 0.769. The van der Waals surface area contributed by atoms with E-state index in [-0.39, 0.29) is 6.03 Å². The average molecular weight is 237 g/mol. The molecule has 0 saturated carbocycles. The number of carbonyl (C=O) groups excluding carboxylic acids is 1. The van der Waals surface area contributed by atoms with Crippen LogP contribution in [0, 0.1) is 5.92 Å². The lowest BCUT2D eigenvalue weighted by molar-refractivity contribution is 0.186. The monoisotopic (exact) mass is 237 g/mol. The zero-order valence-electron chi connectivity index (χ0n) is 10.5. The maximum absolute atomic E-state index is 11.9. The SMILES string of the molecule is NCCCNC(=O)N1CCC2CCCC=C2C1. The summed E-state index contributed by atoms with van der Waals surface area (Å²) in [5, 5.41) is 2.93. The van der Waals surface area contributed by atoms with Gasteiger partial charge in [-0.05, 0) is 44.6 Å². The van der Waals surface area contributed by atoms with Crippen molar-refractivity contribution in [3.8, 4) is 0 Å². The molecule has 1 aliphatic heterocycles. The van der Waals surface area contributed by atoms with Crippen molar-refractivity contribution >= 4 is 6.03 Å². The van der Waals surface area contributed by atoms with Gasteiger partial charge in [0.25, 0.3) is 0 Å². The van der Waals surface area contributed by atoms with Gasteiger partial charge in [0.05, 0.1) is 0 Å². The van der Waals surface area contributed by atoms with E-state index in [1.165, 1.54) is 24.8 Å². The van der Waals surface area contributed by atoms with Crippen LogP contribution < -0.4 is 11.1 Å². The number of nitrogens with two attached hydrogens (primary N) is 1. The van der Waals surface area contributed by atoms with Gasteiger partial charge in [0.2, 0.25) is 0 Å². The third-order valence-corrected chi connectivity index (χ3v) is 3.75. The van der Waals surface area contributed by atoms with Crippen molar-refractivity contribution in [3.63, 3.8) is 0 Å². The molecule has 0 bridgehead atoms. The minimum Gasteiger partial charge on any atom is -0.338 e. The van der Waals surface area contributed by atoms with Gasteiger partial charge in [-0.25, -0.2) is 4.79 Å². The van der Waals surface area contributed by atoms with E-state index in [0.29, 0.717) is 13.1 Å². The number of nitrogens with one attached hydrogen (secondary N) is 1. The van der Waals surface area contributed by atoms with Crippen molar-refractivity contribution in [1.29, 1.82) is 0 Å². The number of hydrogen-bond acceptors (Lipinski definition) is 2. The van der Waals surface area contributed by atoms with E-state index < -0.39 is 0 Å². The number of piperidine rings is 1. The summed E-state index contributed by atoms with van der Waals surface area (Å²) < 4.78 is 0. The fourth-order valence-electron chi connectivity index (χ4n) is 2.72. The molecule has 1 unspecified atom stereocenters. The van der Waals surface area contributed by atoms with E-state index in [2.05, 4.69) is 11.4 Å². The Bertz CT molecular complexity index is 301. The largest absolute Gasteiger partial charge is 0.338 e. The maximum Gasteiger partial charge on any atom is 0.317 e. The molecule has 3 N–H and O–H groups in total. The van der Waals surface area contributed by atoms with Crippen molar-refractivity contribution in [3.05, 3.63) is 11.6 Å². The first kappa shape index (κ1) is 12.4. The molecular weight excluding hydrogens is 214 g/mol. The molecular formula is C13H23N3O. The molecule has 1 heterocycles. The summed E-state index contributed by atoms with van der Waals surface area (Å²) >= 11 is 0. The highest BCUT2D eigenvalue weighted by Crippen LogP contribution is 2.31. The summed E-state index contributed by atoms with van der Waals surface area (Å²) in [6, 6.07) is 0.0726. The third-order valence-electron chi connectivity index (χ3n) is 3.75. The Balaban J connectivity index is 1.82. The lowest BCUT2D eigenvalue weighted by atomic mass is 9.82. The Kier molecular flexibility index (Phi) is 4.42. The smallest absolute Gasteiger partial charge is 0.317 e. The molecule has 0 aromatic heterocycles. The van der Waals surface area contributed by atoms with Crippen molar-refractivity contribution in [1.82, 2.24) is 10.2 Å². The van der Waals surface area contributed by atoms with Crippen LogP contribution in [0.4, 0.5) is 4.79 Å². The molecule has 1 atom stereocenters. The second-order valence-corrected chi connectivity index (χ2v) is 4.99. The lowest BCUT2D eigenvalue weighted by Crippen LogP contribution is -2.46. The number of hydrogen-bond donors (Lipinski definition) is 2. The normalized spacial score (nSPS) is 23.9. The molecule has 17 heavy (non-hydrogen) atoms. The molecule has 0 spiro atoms. The molecule has 1 fully saturated rings. The van der Waals surface area contributed by atoms with Gasteiger partial charge in [-0.15, -0.1) is 0 Å². The van der Waals surface area contributed by atoms with E-state index in [4.69, 9.17) is 5.73 Å². The summed E-state index contributed by atoms with van der Waals surface area (Å²) in [6.45, 7) is 3.05. The standard InChI is InChI=1S/C13H23N3O/c14-7-3-8-15-13(17)16-9-6-11-4-1-2-5-12(11)10-16/h5,11H,1-4,6-10,14H2,(H,15,17). The molecule has 2 aliphatic rings. The number of rotatable bonds is 3. The highest BCUT2D eigenvalue weighted by molar-refractivity contribution is 5.74. The fourth-order valence-corrected chi connectivity index (χ4v) is 2.72. The number of amides is 2. The number of urea groups is 1. The van der Waals surface area contributed by atoms with Crippen LogP contribution in [-0.2, 0) is 0 Å². The topological polar surface area (TPSA) is 58.4 Å². The van der Waals surface area contributed by atoms with Gasteiger partial charge in [0.15, 0.2) is 0 Å². The quantitative estimate of drug-likeness (QED) is 0.577. The van der Waals surface area contributed by atoms with Crippen molar-refractivity contribution in [2.45, 2.75) is 32.1 Å². The van der Waals surface area contributed by atoms with Crippen molar-refractivity contribution < 1.29 is 4.79 Å². The molecule has 96 valence electrons. The number of allylic oxidation sites excluding steroid dienone is 1. The number of nitrogens with zero attached hydrogens (tertiary/aromatic N) is 1. The third kappa shape index (κ3) is 3.22. The molecule has 0 aromatic rings. The van der Waals surface area contributed by atoms with Crippen LogP contribution >= 0.6 is 0 Å². The summed E-state index contributed by atoms with van der Waals surface area (Å²) in [6.07, 6.45) is 8.15. The summed E-state index contributed by atoms with van der Waals surface area (Å²) in [4.78, 5) is 13.8. The Labute approximate surface area is 103 Å². The number of likely N-dealkylation sites (tertiary alicyclic amines) is 1. The van der Waals surface area contributed by atoms with Gasteiger partial charge in [-0.1, -0.05) is 11.6 Å². The highest BCUT2D eigenvalue weighted by atomic mass is 16.2. The van der Waals surface area contributed by atoms with Crippen LogP contribution in [0.15, 0.2) is 11.6 Å². The van der Waals surface area contributed by atoms with Gasteiger partial charge in [0.1, 0.15) is 0 Å². The number of carbonyl (C=O) groups is 1. The first-order valence-electron chi connectivity index (χ1n) is 6.73. The van der Waals surface area contributed by atoms with E-state index >= 15 is 0 Å². The highest BCUT2D eigenvalue weighted by Gasteiger charge is 2.27. The number of fused-ring (bicyclic) bond motifs is 1. The van der Waals surface area contributed by atoms with Crippen LogP contribution in [0.1, 0.15) is 32.1 Å². The van der Waals surface area contributed by atoms with Crippen LogP contribution in [0.5, 0.6) is 0 Å². The van der Waals surface area contributed by atoms with Gasteiger partial charge in [-0.3, -0.25) is 0 Å². The second kappa shape index (κ2) is 6.05. The zero-order valence-corrected chi connectivity index (χ0v) is 10.5. The van der Waals surface area contributed by atoms with Crippen LogP contribution in [-0.4, -0.2) is 37.1 Å². The molecule has 4 heteroatoms. The second-order valence-electron chi connectivity index (χ2n) is 4.99. The van der Waals surface area contributed by atoms with E-state index in [1.54, 1.807) is 0 Å². The Morgan fingerprint density at radius 2 is 2.41 bits per heavy atom. The molecule has 2 rings (SSSR count). The molecule has 0 aromatic carbocycles. The van der Waals surface area contributed by atoms with E-state index in [1.807, 2.05) is 4.90 Å². The first-order valence-corrected chi connectivity index (χ1v) is 6.73. The molecule has 0 radical (unpaired) electrons. The van der Waals surface area contributed by atoms with Gasteiger partial charge in [0, 0.05) is 19.6 Å². The summed E-state index contributed by atoms with van der Waals surface area (Å²) in [5.74, 6) is 0.747. The van der Waals surface area contributed by atoms with Gasteiger partial charge >= 0.3 is 6.03 Å². The molecule has 1 saturated heterocycles. The summed E-state index contributed by atoms with van der Waals surface area (Å²) in [7, 11) is 0. The van der Waals surface area contributed by atoms with Crippen LogP contribution in [0.3, 0.4) is 0 Å². The minimum absolute atomic E-state index is 0.0726. The van der Waals surface area contributed by atoms with Gasteiger partial charge < -0.3 is 16.0 Å². The molecule has 4 nitrogen and oxygen atoms in total. The molecule has 1 aliphatic carbocycles. The van der Waals surface area contributed by atoms with E-state index in [9.17, 15) is 4.79 Å². The minimum atomic E-state index is 0.0726. The predicted molar refractivity (Wildman–Crippen MR) is 68.7 cm³/mol. The zero-order chi connectivity index (χ0) is 12.1. The summed E-state index contributed by atoms with van der Waals surface area (Å²) in [5.41, 5.74) is 6.89. The van der Waals surface area contributed by atoms with E-state index in [0.717, 1.165) is 31.8 Å². The first-order chi connectivity index (χ1) is 8.31. The molecule has 2 amide bonds. The Hall–Kier alpha value is -1.03. The van der Waals surface area contributed by atoms with Gasteiger partial charge in [-0.2, -0.15) is 0 Å². The Morgan fingerprint density at radius 3 is 3.24 bits per heavy atom. The van der Waals surface area contributed by atoms with Crippen molar-refractivity contribution in [2.75, 3.05) is 26.2 Å². The maximum atomic E-state index is 11.9. The van der Waals surface area contributed by atoms with Crippen LogP contribution in [0.25, 0.3) is 0 Å². The lowest BCUT2D eigenvalue weighted by Gasteiger charge is -2.36. The van der Waals surface area contributed by atoms with Crippen LogP contribution in [0.2, 0.25) is 0 Å². The average Bonchev–Trinajstić information content (AvgIpc) is 2.38.